The Labute approximate surface area is 339 Å². The van der Waals surface area contributed by atoms with Crippen LogP contribution >= 0.6 is 0 Å². The minimum atomic E-state index is -0.0953. The van der Waals surface area contributed by atoms with Gasteiger partial charge in [0.05, 0.1) is 27.9 Å². The number of rotatable bonds is 5. The van der Waals surface area contributed by atoms with Gasteiger partial charge in [0.25, 0.3) is 0 Å². The van der Waals surface area contributed by atoms with E-state index in [0.717, 1.165) is 67.1 Å². The van der Waals surface area contributed by atoms with E-state index in [2.05, 4.69) is 209 Å². The van der Waals surface area contributed by atoms with Crippen molar-refractivity contribution in [2.75, 3.05) is 0 Å². The molecule has 4 nitrogen and oxygen atoms in total. The fraction of sp³-hybridized carbons (Fsp3) is 0.148. The quantitative estimate of drug-likeness (QED) is 0.190. The highest BCUT2D eigenvalue weighted by Gasteiger charge is 2.25. The molecule has 0 amide bonds. The summed E-state index contributed by atoms with van der Waals surface area (Å²) in [6.45, 7) is 13.8. The average Bonchev–Trinajstić information content (AvgIpc) is 3.81. The van der Waals surface area contributed by atoms with Crippen molar-refractivity contribution in [2.24, 2.45) is 0 Å². The van der Waals surface area contributed by atoms with E-state index in [9.17, 15) is 0 Å². The first-order valence-electron chi connectivity index (χ1n) is 20.2. The number of imidazole rings is 1. The number of H-pyrrole nitrogens is 1. The molecule has 0 unspecified atom stereocenters. The molecule has 3 aromatic heterocycles. The van der Waals surface area contributed by atoms with E-state index >= 15 is 0 Å². The van der Waals surface area contributed by atoms with Gasteiger partial charge in [-0.3, -0.25) is 9.55 Å². The van der Waals surface area contributed by atoms with Crippen LogP contribution in [0.2, 0.25) is 0 Å². The molecule has 10 rings (SSSR count). The Hall–Kier alpha value is -6.78. The van der Waals surface area contributed by atoms with Gasteiger partial charge in [0, 0.05) is 44.6 Å². The maximum absolute atomic E-state index is 5.73. The summed E-state index contributed by atoms with van der Waals surface area (Å²) in [4.78, 5) is 14.4. The van der Waals surface area contributed by atoms with Crippen LogP contribution in [0.25, 0.3) is 94.2 Å². The number of nitrogens with zero attached hydrogens (tertiary/aromatic N) is 3. The molecule has 0 bridgehead atoms. The van der Waals surface area contributed by atoms with Crippen molar-refractivity contribution < 1.29 is 0 Å². The SMILES string of the molecule is CC(C)(C)c1ccc2[nH]c3c(-c4nc5c(-c6cccc(-c7cc(-c8ccccc8)ccn7)c6)cccc5n4-c4cccc5ccccc45)cc(C(C)(C)C)cc3c2c1. The minimum Gasteiger partial charge on any atom is -0.354 e. The zero-order valence-electron chi connectivity index (χ0n) is 33.9. The second-order valence-corrected chi connectivity index (χ2v) is 17.7. The van der Waals surface area contributed by atoms with E-state index in [0.29, 0.717) is 0 Å². The predicted molar refractivity (Wildman–Crippen MR) is 245 cm³/mol. The lowest BCUT2D eigenvalue weighted by atomic mass is 9.84. The summed E-state index contributed by atoms with van der Waals surface area (Å²) in [5.74, 6) is 0.908. The van der Waals surface area contributed by atoms with Crippen LogP contribution in [0.15, 0.2) is 164 Å². The summed E-state index contributed by atoms with van der Waals surface area (Å²) in [5.41, 5.74) is 15.4. The number of hydrogen-bond donors (Lipinski definition) is 1. The molecule has 0 saturated heterocycles. The van der Waals surface area contributed by atoms with E-state index in [1.165, 1.54) is 38.2 Å². The first-order chi connectivity index (χ1) is 28.0. The normalized spacial score (nSPS) is 12.3. The molecule has 0 atom stereocenters. The van der Waals surface area contributed by atoms with Gasteiger partial charge >= 0.3 is 0 Å². The van der Waals surface area contributed by atoms with Crippen molar-refractivity contribution in [1.29, 1.82) is 0 Å². The maximum Gasteiger partial charge on any atom is 0.147 e. The van der Waals surface area contributed by atoms with Crippen molar-refractivity contribution in [3.63, 3.8) is 0 Å². The smallest absolute Gasteiger partial charge is 0.147 e. The number of benzene rings is 7. The van der Waals surface area contributed by atoms with Crippen LogP contribution in [0.5, 0.6) is 0 Å². The van der Waals surface area contributed by atoms with Crippen LogP contribution in [0.3, 0.4) is 0 Å². The van der Waals surface area contributed by atoms with Crippen molar-refractivity contribution in [2.45, 2.75) is 52.4 Å². The van der Waals surface area contributed by atoms with Crippen LogP contribution in [0, 0.1) is 0 Å². The van der Waals surface area contributed by atoms with Crippen LogP contribution in [0.1, 0.15) is 52.7 Å². The van der Waals surface area contributed by atoms with Crippen LogP contribution in [-0.4, -0.2) is 19.5 Å². The van der Waals surface area contributed by atoms with Gasteiger partial charge in [-0.2, -0.15) is 0 Å². The highest BCUT2D eigenvalue weighted by Crippen LogP contribution is 2.43. The lowest BCUT2D eigenvalue weighted by Gasteiger charge is -2.21. The Bertz CT molecular complexity index is 3180. The molecule has 0 fully saturated rings. The molecule has 0 aliphatic rings. The fourth-order valence-electron chi connectivity index (χ4n) is 8.48. The van der Waals surface area contributed by atoms with Crippen LogP contribution in [-0.2, 0) is 10.8 Å². The summed E-state index contributed by atoms with van der Waals surface area (Å²) in [6, 6.07) is 57.0. The highest BCUT2D eigenvalue weighted by molar-refractivity contribution is 6.13. The van der Waals surface area contributed by atoms with Crippen molar-refractivity contribution >= 4 is 43.6 Å². The number of fused-ring (bicyclic) bond motifs is 5. The first-order valence-corrected chi connectivity index (χ1v) is 20.2. The van der Waals surface area contributed by atoms with Crippen LogP contribution < -0.4 is 0 Å². The van der Waals surface area contributed by atoms with Crippen molar-refractivity contribution in [1.82, 2.24) is 19.5 Å². The molecule has 7 aromatic carbocycles. The summed E-state index contributed by atoms with van der Waals surface area (Å²) in [6.07, 6.45) is 1.91. The molecule has 0 saturated carbocycles. The second kappa shape index (κ2) is 13.4. The maximum atomic E-state index is 5.73. The zero-order valence-corrected chi connectivity index (χ0v) is 33.9. The summed E-state index contributed by atoms with van der Waals surface area (Å²) < 4.78 is 2.39. The Balaban J connectivity index is 1.25. The predicted octanol–water partition coefficient (Wildman–Crippen LogP) is 14.5. The molecule has 3 heterocycles. The number of aromatic amines is 1. The number of para-hydroxylation sites is 1. The Kier molecular flexibility index (Phi) is 8.24. The molecule has 0 radical (unpaired) electrons. The number of hydrogen-bond acceptors (Lipinski definition) is 2. The molecule has 0 aliphatic heterocycles. The number of aromatic nitrogens is 4. The molecular formula is C54H46N4. The van der Waals surface area contributed by atoms with Gasteiger partial charge in [0.2, 0.25) is 0 Å². The van der Waals surface area contributed by atoms with Gasteiger partial charge < -0.3 is 4.98 Å². The number of pyridine rings is 1. The Morgan fingerprint density at radius 3 is 2.03 bits per heavy atom. The summed E-state index contributed by atoms with van der Waals surface area (Å²) in [7, 11) is 0. The van der Waals surface area contributed by atoms with E-state index in [4.69, 9.17) is 9.97 Å². The van der Waals surface area contributed by atoms with E-state index < -0.39 is 0 Å². The van der Waals surface area contributed by atoms with Gasteiger partial charge in [0.1, 0.15) is 5.82 Å². The molecule has 1 N–H and O–H groups in total. The molecule has 0 spiro atoms. The van der Waals surface area contributed by atoms with Gasteiger partial charge in [-0.25, -0.2) is 4.98 Å². The van der Waals surface area contributed by atoms with E-state index in [1.54, 1.807) is 0 Å². The first kappa shape index (κ1) is 35.6. The lowest BCUT2D eigenvalue weighted by molar-refractivity contribution is 0.590. The summed E-state index contributed by atoms with van der Waals surface area (Å²) in [5, 5.41) is 4.83. The molecule has 0 aliphatic carbocycles. The van der Waals surface area contributed by atoms with E-state index in [1.807, 2.05) is 6.20 Å². The van der Waals surface area contributed by atoms with E-state index in [-0.39, 0.29) is 10.8 Å². The molecule has 58 heavy (non-hydrogen) atoms. The Morgan fingerprint density at radius 2 is 1.21 bits per heavy atom. The van der Waals surface area contributed by atoms with Crippen molar-refractivity contribution in [3.05, 3.63) is 175 Å². The molecule has 4 heteroatoms. The van der Waals surface area contributed by atoms with Crippen LogP contribution in [0.4, 0.5) is 0 Å². The third-order valence-corrected chi connectivity index (χ3v) is 11.7. The fourth-order valence-corrected chi connectivity index (χ4v) is 8.48. The minimum absolute atomic E-state index is 0.0268. The number of nitrogens with one attached hydrogen (secondary N) is 1. The van der Waals surface area contributed by atoms with Gasteiger partial charge in [0.15, 0.2) is 0 Å². The average molecular weight is 751 g/mol. The lowest BCUT2D eigenvalue weighted by Crippen LogP contribution is -2.11. The topological polar surface area (TPSA) is 46.5 Å². The second-order valence-electron chi connectivity index (χ2n) is 17.7. The molecule has 10 aromatic rings. The largest absolute Gasteiger partial charge is 0.354 e. The van der Waals surface area contributed by atoms with Crippen molar-refractivity contribution in [3.8, 4) is 50.6 Å². The van der Waals surface area contributed by atoms with Gasteiger partial charge in [-0.1, -0.05) is 145 Å². The van der Waals surface area contributed by atoms with Gasteiger partial charge in [-0.05, 0) is 98.6 Å². The Morgan fingerprint density at radius 1 is 0.500 bits per heavy atom. The van der Waals surface area contributed by atoms with Gasteiger partial charge in [-0.15, -0.1) is 0 Å². The highest BCUT2D eigenvalue weighted by atomic mass is 15.1. The molecular weight excluding hydrogens is 705 g/mol. The standard InChI is InChI=1S/C54H46N4/c1-53(2,3)39-25-26-46-43(31-39)44-32-40(54(4,5)6)33-45(50(44)56-46)52-57-51-42(22-14-24-49(51)58(52)48-23-13-18-35-17-10-11-21-41(35)48)37-19-12-20-38(29-37)47-30-36(27-28-55-47)34-15-8-7-9-16-34/h7-33,56H,1-6H3. The zero-order chi connectivity index (χ0) is 39.8. The summed E-state index contributed by atoms with van der Waals surface area (Å²) >= 11 is 0. The molecule has 282 valence electrons. The monoisotopic (exact) mass is 750 g/mol. The third kappa shape index (κ3) is 6.08. The third-order valence-electron chi connectivity index (χ3n) is 11.7.